The standard InChI is InChI=1S/C7H13NO2.H3N/c8-6-3-1-5(2-4-6)7(9)10;/h5-6H,1-4,8H2,(H,9,10);1H3. The van der Waals surface area contributed by atoms with Crippen molar-refractivity contribution in [2.75, 3.05) is 0 Å². The molecule has 6 N–H and O–H groups in total. The van der Waals surface area contributed by atoms with Gasteiger partial charge < -0.3 is 21.8 Å². The highest BCUT2D eigenvalue weighted by atomic mass is 16.4. The first kappa shape index (κ1) is 10.4. The molecular weight excluding hydrogens is 144 g/mol. The van der Waals surface area contributed by atoms with E-state index in [0.29, 0.717) is 12.8 Å². The molecule has 0 amide bonds. The third kappa shape index (κ3) is 2.86. The van der Waals surface area contributed by atoms with Crippen LogP contribution in [0.25, 0.3) is 0 Å². The summed E-state index contributed by atoms with van der Waals surface area (Å²) >= 11 is 0. The quantitative estimate of drug-likeness (QED) is 0.547. The summed E-state index contributed by atoms with van der Waals surface area (Å²) < 4.78 is 0. The molecule has 0 aromatic heterocycles. The second kappa shape index (κ2) is 4.31. The van der Waals surface area contributed by atoms with Crippen molar-refractivity contribution >= 4 is 5.97 Å². The van der Waals surface area contributed by atoms with Crippen LogP contribution in [0, 0.1) is 5.92 Å². The Kier molecular flexibility index (Phi) is 4.07. The molecule has 1 aliphatic carbocycles. The zero-order chi connectivity index (χ0) is 7.56. The Morgan fingerprint density at radius 1 is 1.27 bits per heavy atom. The summed E-state index contributed by atoms with van der Waals surface area (Å²) in [5.41, 5.74) is 5.58. The topological polar surface area (TPSA) is 103 Å². The van der Waals surface area contributed by atoms with Crippen molar-refractivity contribution in [3.05, 3.63) is 0 Å². The first-order chi connectivity index (χ1) is 4.70. The molecule has 0 saturated heterocycles. The van der Waals surface area contributed by atoms with E-state index in [0.717, 1.165) is 12.8 Å². The van der Waals surface area contributed by atoms with Gasteiger partial charge in [0.15, 0.2) is 0 Å². The fourth-order valence-electron chi connectivity index (χ4n) is 1.35. The predicted molar refractivity (Wildman–Crippen MR) is 40.9 cm³/mol. The maximum absolute atomic E-state index is 10.3. The van der Waals surface area contributed by atoms with Crippen molar-refractivity contribution in [3.63, 3.8) is 0 Å². The van der Waals surface area contributed by atoms with Gasteiger partial charge in [0.25, 0.3) is 0 Å². The van der Waals surface area contributed by atoms with Crippen molar-refractivity contribution in [2.45, 2.75) is 31.7 Å². The van der Waals surface area contributed by atoms with Crippen LogP contribution in [0.4, 0.5) is 0 Å². The van der Waals surface area contributed by atoms with Gasteiger partial charge in [-0.05, 0) is 31.6 Å². The molecule has 11 heavy (non-hydrogen) atoms. The summed E-state index contributed by atoms with van der Waals surface area (Å²) in [6.45, 7) is 0. The van der Waals surface area contributed by atoms with Gasteiger partial charge in [-0.2, -0.15) is 0 Å². The van der Waals surface area contributed by atoms with Gasteiger partial charge in [-0.3, -0.25) is 0 Å². The van der Waals surface area contributed by atoms with Gasteiger partial charge in [0.2, 0.25) is 0 Å². The smallest absolute Gasteiger partial charge is 0.0445 e. The lowest BCUT2D eigenvalue weighted by Crippen LogP contribution is -2.36. The van der Waals surface area contributed by atoms with Crippen molar-refractivity contribution in [1.29, 1.82) is 0 Å². The molecule has 1 aliphatic rings. The Hall–Kier alpha value is -0.610. The van der Waals surface area contributed by atoms with Crippen LogP contribution in [0.2, 0.25) is 0 Å². The molecule has 0 aliphatic heterocycles. The van der Waals surface area contributed by atoms with Crippen LogP contribution in [0.3, 0.4) is 0 Å². The third-order valence-electron chi connectivity index (χ3n) is 2.11. The molecular formula is C7H16N2O2. The largest absolute Gasteiger partial charge is 0.550 e. The Morgan fingerprint density at radius 2 is 1.73 bits per heavy atom. The lowest BCUT2D eigenvalue weighted by atomic mass is 9.87. The summed E-state index contributed by atoms with van der Waals surface area (Å²) in [5.74, 6) is -1.15. The number of carboxylic acids is 1. The first-order valence-electron chi connectivity index (χ1n) is 3.66. The summed E-state index contributed by atoms with van der Waals surface area (Å²) in [7, 11) is 0. The van der Waals surface area contributed by atoms with E-state index in [9.17, 15) is 9.90 Å². The molecule has 0 atom stereocenters. The SMILES string of the molecule is NC1CCC(C(=O)[O-])CC1.[NH4+]. The first-order valence-corrected chi connectivity index (χ1v) is 3.66. The number of nitrogens with two attached hydrogens (primary N) is 1. The molecule has 66 valence electrons. The maximum atomic E-state index is 10.3. The van der Waals surface area contributed by atoms with E-state index in [2.05, 4.69) is 0 Å². The minimum absolute atomic E-state index is 0. The number of hydrogen-bond acceptors (Lipinski definition) is 3. The van der Waals surface area contributed by atoms with Gasteiger partial charge in [0.1, 0.15) is 0 Å². The molecule has 0 aromatic rings. The fraction of sp³-hybridized carbons (Fsp3) is 0.857. The Bertz CT molecular complexity index is 130. The van der Waals surface area contributed by atoms with E-state index >= 15 is 0 Å². The molecule has 1 saturated carbocycles. The molecule has 1 rings (SSSR count). The Labute approximate surface area is 66.4 Å². The van der Waals surface area contributed by atoms with Crippen molar-refractivity contribution in [2.24, 2.45) is 11.7 Å². The van der Waals surface area contributed by atoms with Crippen LogP contribution in [0.5, 0.6) is 0 Å². The van der Waals surface area contributed by atoms with Gasteiger partial charge in [-0.25, -0.2) is 0 Å². The fourth-order valence-corrected chi connectivity index (χ4v) is 1.35. The summed E-state index contributed by atoms with van der Waals surface area (Å²) in [5, 5.41) is 10.3. The van der Waals surface area contributed by atoms with E-state index in [4.69, 9.17) is 5.73 Å². The highest BCUT2D eigenvalue weighted by Crippen LogP contribution is 2.22. The average Bonchev–Trinajstić information content (AvgIpc) is 1.88. The molecule has 0 heterocycles. The van der Waals surface area contributed by atoms with Gasteiger partial charge in [-0.15, -0.1) is 0 Å². The van der Waals surface area contributed by atoms with E-state index < -0.39 is 5.97 Å². The van der Waals surface area contributed by atoms with Gasteiger partial charge in [0.05, 0.1) is 0 Å². The van der Waals surface area contributed by atoms with Crippen molar-refractivity contribution < 1.29 is 9.90 Å². The molecule has 1 fully saturated rings. The van der Waals surface area contributed by atoms with E-state index in [1.165, 1.54) is 0 Å². The van der Waals surface area contributed by atoms with Crippen LogP contribution in [0.1, 0.15) is 25.7 Å². The van der Waals surface area contributed by atoms with Gasteiger partial charge >= 0.3 is 0 Å². The highest BCUT2D eigenvalue weighted by molar-refractivity contribution is 5.67. The Morgan fingerprint density at radius 3 is 2.09 bits per heavy atom. The predicted octanol–water partition coefficient (Wildman–Crippen LogP) is -0.370. The summed E-state index contributed by atoms with van der Waals surface area (Å²) in [4.78, 5) is 10.3. The average molecular weight is 160 g/mol. The zero-order valence-corrected chi connectivity index (χ0v) is 6.88. The summed E-state index contributed by atoms with van der Waals surface area (Å²) in [6.07, 6.45) is 3.06. The number of quaternary nitrogens is 1. The molecule has 0 radical (unpaired) electrons. The normalized spacial score (nSPS) is 30.6. The Balaban J connectivity index is 0.000001000. The van der Waals surface area contributed by atoms with E-state index in [1.807, 2.05) is 0 Å². The molecule has 4 nitrogen and oxygen atoms in total. The molecule has 0 bridgehead atoms. The van der Waals surface area contributed by atoms with Crippen LogP contribution in [-0.2, 0) is 4.79 Å². The number of carboxylic acid groups (broad SMARTS) is 1. The van der Waals surface area contributed by atoms with Crippen LogP contribution >= 0.6 is 0 Å². The summed E-state index contributed by atoms with van der Waals surface area (Å²) in [6, 6.07) is 0.218. The number of rotatable bonds is 1. The van der Waals surface area contributed by atoms with Crippen molar-refractivity contribution in [1.82, 2.24) is 6.15 Å². The third-order valence-corrected chi connectivity index (χ3v) is 2.11. The molecule has 0 aromatic carbocycles. The number of carbonyl (C=O) groups is 1. The lowest BCUT2D eigenvalue weighted by Gasteiger charge is -2.26. The van der Waals surface area contributed by atoms with Gasteiger partial charge in [0, 0.05) is 12.0 Å². The zero-order valence-electron chi connectivity index (χ0n) is 6.88. The minimum Gasteiger partial charge on any atom is -0.550 e. The number of carbonyl (C=O) groups excluding carboxylic acids is 1. The van der Waals surface area contributed by atoms with E-state index in [1.54, 1.807) is 0 Å². The van der Waals surface area contributed by atoms with Crippen molar-refractivity contribution in [3.8, 4) is 0 Å². The van der Waals surface area contributed by atoms with E-state index in [-0.39, 0.29) is 18.1 Å². The molecule has 0 spiro atoms. The highest BCUT2D eigenvalue weighted by Gasteiger charge is 2.18. The van der Waals surface area contributed by atoms with Crippen LogP contribution < -0.4 is 17.0 Å². The molecule has 0 unspecified atom stereocenters. The molecule has 4 heteroatoms. The number of hydrogen-bond donors (Lipinski definition) is 2. The van der Waals surface area contributed by atoms with Gasteiger partial charge in [-0.1, -0.05) is 0 Å². The monoisotopic (exact) mass is 160 g/mol. The second-order valence-corrected chi connectivity index (χ2v) is 2.93. The van der Waals surface area contributed by atoms with Crippen LogP contribution in [0.15, 0.2) is 0 Å². The second-order valence-electron chi connectivity index (χ2n) is 2.93. The minimum atomic E-state index is -0.910. The number of aliphatic carboxylic acids is 1. The van der Waals surface area contributed by atoms with Crippen LogP contribution in [-0.4, -0.2) is 12.0 Å². The lowest BCUT2D eigenvalue weighted by molar-refractivity contribution is -0.312. The maximum Gasteiger partial charge on any atom is 0.0445 e.